The Labute approximate surface area is 169 Å². The Morgan fingerprint density at radius 1 is 1.26 bits per heavy atom. The highest BCUT2D eigenvalue weighted by Crippen LogP contribution is 2.20. The molecule has 3 rings (SSSR count). The van der Waals surface area contributed by atoms with Gasteiger partial charge >= 0.3 is 0 Å². The molecular formula is C21H37N5S. The van der Waals surface area contributed by atoms with E-state index in [1.807, 2.05) is 18.4 Å². The summed E-state index contributed by atoms with van der Waals surface area (Å²) in [6.45, 7) is 11.5. The molecular weight excluding hydrogens is 354 g/mol. The molecule has 0 aliphatic carbocycles. The zero-order chi connectivity index (χ0) is 19.1. The van der Waals surface area contributed by atoms with Gasteiger partial charge in [0, 0.05) is 56.7 Å². The number of nitrogens with zero attached hydrogens (tertiary/aromatic N) is 3. The summed E-state index contributed by atoms with van der Waals surface area (Å²) in [7, 11) is 1.89. The van der Waals surface area contributed by atoms with Crippen LogP contribution in [0.2, 0.25) is 0 Å². The number of thiophene rings is 1. The number of rotatable bonds is 6. The summed E-state index contributed by atoms with van der Waals surface area (Å²) in [5, 5.41) is 9.43. The quantitative estimate of drug-likeness (QED) is 0.578. The second kappa shape index (κ2) is 10.4. The summed E-state index contributed by atoms with van der Waals surface area (Å²) < 4.78 is 0. The molecule has 27 heavy (non-hydrogen) atoms. The molecule has 0 amide bonds. The average Bonchev–Trinajstić information content (AvgIpc) is 3.19. The molecule has 152 valence electrons. The van der Waals surface area contributed by atoms with E-state index in [-0.39, 0.29) is 0 Å². The van der Waals surface area contributed by atoms with E-state index >= 15 is 0 Å². The third-order valence-corrected chi connectivity index (χ3v) is 6.81. The van der Waals surface area contributed by atoms with Crippen LogP contribution in [0, 0.1) is 5.92 Å². The van der Waals surface area contributed by atoms with E-state index in [1.54, 1.807) is 0 Å². The minimum atomic E-state index is 0.549. The van der Waals surface area contributed by atoms with Crippen molar-refractivity contribution in [3.05, 3.63) is 22.4 Å². The first-order valence-corrected chi connectivity index (χ1v) is 11.5. The molecule has 0 aromatic carbocycles. The van der Waals surface area contributed by atoms with Gasteiger partial charge in [-0.2, -0.15) is 0 Å². The van der Waals surface area contributed by atoms with E-state index in [1.165, 1.54) is 56.7 Å². The number of hydrogen-bond donors (Lipinski definition) is 2. The summed E-state index contributed by atoms with van der Waals surface area (Å²) >= 11 is 1.87. The molecule has 2 fully saturated rings. The van der Waals surface area contributed by atoms with Crippen LogP contribution in [0.4, 0.5) is 0 Å². The van der Waals surface area contributed by atoms with Crippen molar-refractivity contribution >= 4 is 17.3 Å². The van der Waals surface area contributed by atoms with Gasteiger partial charge in [-0.05, 0) is 63.4 Å². The Balaban J connectivity index is 1.39. The van der Waals surface area contributed by atoms with Crippen LogP contribution in [0.15, 0.2) is 22.5 Å². The van der Waals surface area contributed by atoms with Crippen molar-refractivity contribution in [1.82, 2.24) is 20.4 Å². The zero-order valence-corrected chi connectivity index (χ0v) is 18.1. The van der Waals surface area contributed by atoms with E-state index in [4.69, 9.17) is 0 Å². The Hall–Kier alpha value is -1.11. The van der Waals surface area contributed by atoms with Gasteiger partial charge in [0.05, 0.1) is 0 Å². The van der Waals surface area contributed by atoms with Crippen LogP contribution in [0.25, 0.3) is 0 Å². The zero-order valence-electron chi connectivity index (χ0n) is 17.3. The van der Waals surface area contributed by atoms with Crippen molar-refractivity contribution in [3.8, 4) is 0 Å². The van der Waals surface area contributed by atoms with Crippen LogP contribution in [0.3, 0.4) is 0 Å². The summed E-state index contributed by atoms with van der Waals surface area (Å²) in [5.74, 6) is 1.69. The normalized spacial score (nSPS) is 23.7. The maximum absolute atomic E-state index is 4.47. The Morgan fingerprint density at radius 2 is 2.07 bits per heavy atom. The molecule has 1 atom stereocenters. The SMILES string of the molecule is CN=C(NCC1CCCN(Cc2cccs2)C1)NC1CCN(C(C)C)CC1. The second-order valence-electron chi connectivity index (χ2n) is 8.32. The first-order valence-electron chi connectivity index (χ1n) is 10.6. The fourth-order valence-electron chi connectivity index (χ4n) is 4.27. The molecule has 2 N–H and O–H groups in total. The number of hydrogen-bond acceptors (Lipinski definition) is 4. The lowest BCUT2D eigenvalue weighted by atomic mass is 9.98. The van der Waals surface area contributed by atoms with Crippen molar-refractivity contribution in [1.29, 1.82) is 0 Å². The van der Waals surface area contributed by atoms with Gasteiger partial charge in [-0.25, -0.2) is 0 Å². The number of likely N-dealkylation sites (tertiary alicyclic amines) is 2. The first-order chi connectivity index (χ1) is 13.1. The Kier molecular flexibility index (Phi) is 7.97. The standard InChI is InChI=1S/C21H37N5S/c1-17(2)26-11-8-19(9-12-26)24-21(22-3)23-14-18-6-4-10-25(15-18)16-20-7-5-13-27-20/h5,7,13,17-19H,4,6,8-12,14-16H2,1-3H3,(H2,22,23,24). The molecule has 2 aliphatic heterocycles. The van der Waals surface area contributed by atoms with Crippen LogP contribution in [-0.2, 0) is 6.54 Å². The second-order valence-corrected chi connectivity index (χ2v) is 9.36. The van der Waals surface area contributed by atoms with E-state index in [2.05, 4.69) is 56.8 Å². The smallest absolute Gasteiger partial charge is 0.191 e. The van der Waals surface area contributed by atoms with Crippen molar-refractivity contribution < 1.29 is 0 Å². The molecule has 0 saturated carbocycles. The van der Waals surface area contributed by atoms with Crippen LogP contribution in [0.1, 0.15) is 44.4 Å². The summed E-state index contributed by atoms with van der Waals surface area (Å²) in [4.78, 5) is 11.1. The minimum Gasteiger partial charge on any atom is -0.356 e. The van der Waals surface area contributed by atoms with Crippen LogP contribution in [0.5, 0.6) is 0 Å². The molecule has 1 unspecified atom stereocenters. The fourth-order valence-corrected chi connectivity index (χ4v) is 5.02. The van der Waals surface area contributed by atoms with E-state index in [0.717, 1.165) is 19.0 Å². The monoisotopic (exact) mass is 391 g/mol. The van der Waals surface area contributed by atoms with E-state index < -0.39 is 0 Å². The lowest BCUT2D eigenvalue weighted by Crippen LogP contribution is -2.51. The lowest BCUT2D eigenvalue weighted by molar-refractivity contribution is 0.165. The van der Waals surface area contributed by atoms with Crippen LogP contribution < -0.4 is 10.6 Å². The predicted octanol–water partition coefficient (Wildman–Crippen LogP) is 3.00. The molecule has 2 saturated heterocycles. The van der Waals surface area contributed by atoms with E-state index in [9.17, 15) is 0 Å². The Bertz CT molecular complexity index is 563. The minimum absolute atomic E-state index is 0.549. The van der Waals surface area contributed by atoms with Gasteiger partial charge in [0.15, 0.2) is 5.96 Å². The molecule has 5 nitrogen and oxygen atoms in total. The first kappa shape index (κ1) is 20.6. The third kappa shape index (κ3) is 6.47. The molecule has 0 radical (unpaired) electrons. The van der Waals surface area contributed by atoms with Crippen molar-refractivity contribution in [2.45, 2.75) is 58.2 Å². The van der Waals surface area contributed by atoms with Crippen molar-refractivity contribution in [2.75, 3.05) is 39.8 Å². The van der Waals surface area contributed by atoms with Crippen molar-refractivity contribution in [2.24, 2.45) is 10.9 Å². The highest BCUT2D eigenvalue weighted by atomic mass is 32.1. The maximum Gasteiger partial charge on any atom is 0.191 e. The number of nitrogens with one attached hydrogen (secondary N) is 2. The summed E-state index contributed by atoms with van der Waals surface area (Å²) in [6.07, 6.45) is 5.03. The highest BCUT2D eigenvalue weighted by Gasteiger charge is 2.23. The molecule has 2 aliphatic rings. The topological polar surface area (TPSA) is 42.9 Å². The molecule has 6 heteroatoms. The number of piperidine rings is 2. The van der Waals surface area contributed by atoms with E-state index in [0.29, 0.717) is 18.0 Å². The van der Waals surface area contributed by atoms with Gasteiger partial charge in [-0.15, -0.1) is 11.3 Å². The van der Waals surface area contributed by atoms with Gasteiger partial charge < -0.3 is 15.5 Å². The Morgan fingerprint density at radius 3 is 2.74 bits per heavy atom. The van der Waals surface area contributed by atoms with Crippen molar-refractivity contribution in [3.63, 3.8) is 0 Å². The summed E-state index contributed by atoms with van der Waals surface area (Å²) in [6, 6.07) is 5.62. The highest BCUT2D eigenvalue weighted by molar-refractivity contribution is 7.09. The van der Waals surface area contributed by atoms with Gasteiger partial charge in [0.1, 0.15) is 0 Å². The lowest BCUT2D eigenvalue weighted by Gasteiger charge is -2.36. The number of aliphatic imine (C=N–C) groups is 1. The average molecular weight is 392 g/mol. The predicted molar refractivity (Wildman–Crippen MR) is 117 cm³/mol. The molecule has 0 bridgehead atoms. The third-order valence-electron chi connectivity index (χ3n) is 5.95. The fraction of sp³-hybridized carbons (Fsp3) is 0.762. The maximum atomic E-state index is 4.47. The van der Waals surface area contributed by atoms with Crippen LogP contribution >= 0.6 is 11.3 Å². The number of guanidine groups is 1. The molecule has 1 aromatic rings. The van der Waals surface area contributed by atoms with Gasteiger partial charge in [-0.1, -0.05) is 6.07 Å². The molecule has 1 aromatic heterocycles. The van der Waals surface area contributed by atoms with Gasteiger partial charge in [0.2, 0.25) is 0 Å². The largest absolute Gasteiger partial charge is 0.356 e. The molecule has 3 heterocycles. The van der Waals surface area contributed by atoms with Gasteiger partial charge in [-0.3, -0.25) is 9.89 Å². The van der Waals surface area contributed by atoms with Crippen LogP contribution in [-0.4, -0.2) is 67.6 Å². The van der Waals surface area contributed by atoms with Gasteiger partial charge in [0.25, 0.3) is 0 Å². The molecule has 0 spiro atoms. The summed E-state index contributed by atoms with van der Waals surface area (Å²) in [5.41, 5.74) is 0.